The maximum Gasteiger partial charge on any atom is 0.188 e. The molecule has 1 aliphatic rings. The predicted molar refractivity (Wildman–Crippen MR) is 123 cm³/mol. The van der Waals surface area contributed by atoms with Crippen LogP contribution in [0.2, 0.25) is 0 Å². The van der Waals surface area contributed by atoms with E-state index in [1.807, 2.05) is 29.6 Å². The van der Waals surface area contributed by atoms with Crippen LogP contribution in [0.4, 0.5) is 0 Å². The molecule has 2 aromatic carbocycles. The molecule has 0 aromatic heterocycles. The molecule has 1 heterocycles. The zero-order valence-electron chi connectivity index (χ0n) is 17.5. The number of aryl methyl sites for hydroxylation is 1. The van der Waals surface area contributed by atoms with Crippen molar-refractivity contribution in [1.82, 2.24) is 5.32 Å². The molecule has 1 aliphatic heterocycles. The van der Waals surface area contributed by atoms with E-state index in [9.17, 15) is 0 Å². The van der Waals surface area contributed by atoms with Gasteiger partial charge in [0.1, 0.15) is 18.1 Å². The first kappa shape index (κ1) is 22.3. The second-order valence-electron chi connectivity index (χ2n) is 7.24. The van der Waals surface area contributed by atoms with Gasteiger partial charge in [-0.3, -0.25) is 0 Å². The zero-order chi connectivity index (χ0) is 20.5. The van der Waals surface area contributed by atoms with E-state index in [2.05, 4.69) is 55.6 Å². The topological polar surface area (TPSA) is 39.7 Å². The Balaban J connectivity index is 1.47. The molecule has 0 radical (unpaired) electrons. The fourth-order valence-electron chi connectivity index (χ4n) is 3.13. The van der Waals surface area contributed by atoms with Crippen LogP contribution in [-0.4, -0.2) is 44.6 Å². The number of methoxy groups -OCH3 is 1. The first-order chi connectivity index (χ1) is 14.2. The van der Waals surface area contributed by atoms with Gasteiger partial charge in [0.25, 0.3) is 0 Å². The van der Waals surface area contributed by atoms with E-state index in [0.29, 0.717) is 12.0 Å². The Bertz CT molecular complexity index is 745. The van der Waals surface area contributed by atoms with Crippen LogP contribution >= 0.6 is 23.5 Å². The summed E-state index contributed by atoms with van der Waals surface area (Å²) in [7, 11) is 1.66. The van der Waals surface area contributed by atoms with Gasteiger partial charge in [0.05, 0.1) is 6.04 Å². The SMILES string of the molecule is CCc1cccc(SC[C@@H](C)CN[C@@H]2COc3ccccc3SC2)c1OCOC. The molecule has 0 amide bonds. The second kappa shape index (κ2) is 11.7. The minimum atomic E-state index is 0.281. The number of rotatable bonds is 10. The number of para-hydroxylation sites is 2. The minimum absolute atomic E-state index is 0.281. The van der Waals surface area contributed by atoms with Gasteiger partial charge in [-0.2, -0.15) is 0 Å². The van der Waals surface area contributed by atoms with Crippen LogP contribution in [0.3, 0.4) is 0 Å². The number of benzene rings is 2. The molecule has 0 unspecified atom stereocenters. The van der Waals surface area contributed by atoms with Crippen molar-refractivity contribution in [1.29, 1.82) is 0 Å². The highest BCUT2D eigenvalue weighted by atomic mass is 32.2. The lowest BCUT2D eigenvalue weighted by molar-refractivity contribution is 0.0484. The fourth-order valence-corrected chi connectivity index (χ4v) is 5.25. The molecule has 158 valence electrons. The third-order valence-corrected chi connectivity index (χ3v) is 7.36. The number of nitrogens with one attached hydrogen (secondary N) is 1. The first-order valence-electron chi connectivity index (χ1n) is 10.2. The Hall–Kier alpha value is -1.34. The quantitative estimate of drug-likeness (QED) is 0.415. The number of ether oxygens (including phenoxy) is 3. The summed E-state index contributed by atoms with van der Waals surface area (Å²) < 4.78 is 17.0. The molecule has 29 heavy (non-hydrogen) atoms. The van der Waals surface area contributed by atoms with E-state index in [-0.39, 0.29) is 6.79 Å². The molecule has 0 saturated heterocycles. The molecule has 6 heteroatoms. The van der Waals surface area contributed by atoms with Gasteiger partial charge in [-0.05, 0) is 42.6 Å². The summed E-state index contributed by atoms with van der Waals surface area (Å²) in [5.74, 6) is 4.57. The molecule has 1 N–H and O–H groups in total. The van der Waals surface area contributed by atoms with Crippen LogP contribution in [0, 0.1) is 5.92 Å². The summed E-state index contributed by atoms with van der Waals surface area (Å²) in [6.45, 7) is 6.42. The molecule has 2 atom stereocenters. The van der Waals surface area contributed by atoms with Crippen molar-refractivity contribution in [2.45, 2.75) is 36.1 Å². The zero-order valence-corrected chi connectivity index (χ0v) is 19.1. The van der Waals surface area contributed by atoms with Gasteiger partial charge < -0.3 is 19.5 Å². The number of hydrogen-bond donors (Lipinski definition) is 1. The minimum Gasteiger partial charge on any atom is -0.491 e. The monoisotopic (exact) mass is 433 g/mol. The molecule has 0 aliphatic carbocycles. The van der Waals surface area contributed by atoms with Crippen molar-refractivity contribution in [2.75, 3.05) is 38.6 Å². The fraction of sp³-hybridized carbons (Fsp3) is 0.478. The summed E-state index contributed by atoms with van der Waals surface area (Å²) in [5.41, 5.74) is 1.23. The average Bonchev–Trinajstić information content (AvgIpc) is 2.97. The van der Waals surface area contributed by atoms with Gasteiger partial charge in [-0.25, -0.2) is 0 Å². The second-order valence-corrected chi connectivity index (χ2v) is 9.36. The van der Waals surface area contributed by atoms with E-state index in [0.717, 1.165) is 42.6 Å². The Labute approximate surface area is 183 Å². The highest BCUT2D eigenvalue weighted by molar-refractivity contribution is 7.99. The Morgan fingerprint density at radius 1 is 1.24 bits per heavy atom. The molecular weight excluding hydrogens is 402 g/mol. The van der Waals surface area contributed by atoms with Crippen molar-refractivity contribution < 1.29 is 14.2 Å². The smallest absolute Gasteiger partial charge is 0.188 e. The van der Waals surface area contributed by atoms with Gasteiger partial charge in [-0.15, -0.1) is 23.5 Å². The summed E-state index contributed by atoms with van der Waals surface area (Å²) in [6.07, 6.45) is 0.951. The van der Waals surface area contributed by atoms with E-state index in [4.69, 9.17) is 14.2 Å². The third-order valence-electron chi connectivity index (χ3n) is 4.77. The first-order valence-corrected chi connectivity index (χ1v) is 12.1. The summed E-state index contributed by atoms with van der Waals surface area (Å²) >= 11 is 3.73. The van der Waals surface area contributed by atoms with Crippen molar-refractivity contribution in [3.63, 3.8) is 0 Å². The van der Waals surface area contributed by atoms with Gasteiger partial charge in [0, 0.05) is 28.4 Å². The van der Waals surface area contributed by atoms with Gasteiger partial charge in [-0.1, -0.05) is 38.1 Å². The van der Waals surface area contributed by atoms with Crippen LogP contribution in [0.15, 0.2) is 52.3 Å². The lowest BCUT2D eigenvalue weighted by atomic mass is 10.1. The molecule has 0 saturated carbocycles. The van der Waals surface area contributed by atoms with Gasteiger partial charge in [0.2, 0.25) is 0 Å². The van der Waals surface area contributed by atoms with Gasteiger partial charge >= 0.3 is 0 Å². The summed E-state index contributed by atoms with van der Waals surface area (Å²) in [5, 5.41) is 3.69. The van der Waals surface area contributed by atoms with Crippen molar-refractivity contribution >= 4 is 23.5 Å². The van der Waals surface area contributed by atoms with E-state index >= 15 is 0 Å². The maximum atomic E-state index is 5.98. The lowest BCUT2D eigenvalue weighted by Crippen LogP contribution is -2.39. The predicted octanol–water partition coefficient (Wildman–Crippen LogP) is 5.10. The molecule has 0 fully saturated rings. The number of fused-ring (bicyclic) bond motifs is 1. The van der Waals surface area contributed by atoms with E-state index in [1.54, 1.807) is 7.11 Å². The molecule has 4 nitrogen and oxygen atoms in total. The van der Waals surface area contributed by atoms with Gasteiger partial charge in [0.15, 0.2) is 6.79 Å². The van der Waals surface area contributed by atoms with Crippen LogP contribution in [0.5, 0.6) is 11.5 Å². The lowest BCUT2D eigenvalue weighted by Gasteiger charge is -2.20. The normalized spacial score (nSPS) is 17.1. The highest BCUT2D eigenvalue weighted by Gasteiger charge is 2.18. The number of thioether (sulfide) groups is 2. The summed E-state index contributed by atoms with van der Waals surface area (Å²) in [4.78, 5) is 2.43. The van der Waals surface area contributed by atoms with E-state index < -0.39 is 0 Å². The van der Waals surface area contributed by atoms with Crippen molar-refractivity contribution in [3.05, 3.63) is 48.0 Å². The highest BCUT2D eigenvalue weighted by Crippen LogP contribution is 2.34. The Morgan fingerprint density at radius 2 is 2.10 bits per heavy atom. The molecule has 2 aromatic rings. The number of hydrogen-bond acceptors (Lipinski definition) is 6. The van der Waals surface area contributed by atoms with Crippen LogP contribution in [0.1, 0.15) is 19.4 Å². The third kappa shape index (κ3) is 6.57. The molecule has 0 bridgehead atoms. The van der Waals surface area contributed by atoms with Crippen LogP contribution < -0.4 is 14.8 Å². The molecule has 0 spiro atoms. The van der Waals surface area contributed by atoms with Crippen molar-refractivity contribution in [2.24, 2.45) is 5.92 Å². The standard InChI is InChI=1S/C23H31NO3S2/c1-4-18-8-7-11-22(23(18)27-16-25-3)28-14-17(2)12-24-19-13-26-20-9-5-6-10-21(20)29-15-19/h5-11,17,19,24H,4,12-16H2,1-3H3/t17-,19+/m0/s1. The average molecular weight is 434 g/mol. The molecular formula is C23H31NO3S2. The largest absolute Gasteiger partial charge is 0.491 e. The summed E-state index contributed by atoms with van der Waals surface area (Å²) in [6, 6.07) is 15.0. The van der Waals surface area contributed by atoms with Crippen LogP contribution in [0.25, 0.3) is 0 Å². The maximum absolute atomic E-state index is 5.98. The van der Waals surface area contributed by atoms with Crippen LogP contribution in [-0.2, 0) is 11.2 Å². The molecule has 3 rings (SSSR count). The Kier molecular flexibility index (Phi) is 9.05. The Morgan fingerprint density at radius 3 is 2.93 bits per heavy atom. The van der Waals surface area contributed by atoms with Crippen molar-refractivity contribution in [3.8, 4) is 11.5 Å². The van der Waals surface area contributed by atoms with E-state index in [1.165, 1.54) is 15.4 Å².